The first-order valence-electron chi connectivity index (χ1n) is 10.3. The topological polar surface area (TPSA) is 86.5 Å². The first kappa shape index (κ1) is 23.8. The fraction of sp³-hybridized carbons (Fsp3) is 0.333. The molecule has 2 aromatic rings. The Kier molecular flexibility index (Phi) is 10.5. The van der Waals surface area contributed by atoms with Gasteiger partial charge in [-0.25, -0.2) is 9.59 Å². The minimum Gasteiger partial charge on any atom is -0.494 e. The van der Waals surface area contributed by atoms with Crippen molar-refractivity contribution in [2.75, 3.05) is 19.8 Å². The van der Waals surface area contributed by atoms with Crippen molar-refractivity contribution >= 4 is 23.3 Å². The van der Waals surface area contributed by atoms with Gasteiger partial charge in [0.05, 0.1) is 36.8 Å². The molecule has 0 N–H and O–H groups in total. The molecule has 0 aliphatic rings. The second-order valence-electron chi connectivity index (χ2n) is 6.60. The average Bonchev–Trinajstić information content (AvgIpc) is 2.80. The molecule has 0 atom stereocenters. The lowest BCUT2D eigenvalue weighted by atomic mass is 10.2. The van der Waals surface area contributed by atoms with E-state index in [-0.39, 0.29) is 11.9 Å². The number of carbonyl (C=O) groups is 2. The number of ether oxygens (including phenoxy) is 3. The zero-order valence-electron chi connectivity index (χ0n) is 17.8. The van der Waals surface area contributed by atoms with Gasteiger partial charge in [0.1, 0.15) is 5.75 Å². The van der Waals surface area contributed by atoms with E-state index >= 15 is 0 Å². The number of rotatable bonds is 13. The van der Waals surface area contributed by atoms with Crippen molar-refractivity contribution in [2.45, 2.75) is 32.6 Å². The second kappa shape index (κ2) is 13.7. The molecule has 2 aromatic carbocycles. The van der Waals surface area contributed by atoms with Gasteiger partial charge in [-0.1, -0.05) is 6.58 Å². The van der Waals surface area contributed by atoms with Gasteiger partial charge in [-0.3, -0.25) is 0 Å². The Morgan fingerprint density at radius 3 is 2.00 bits per heavy atom. The van der Waals surface area contributed by atoms with Crippen molar-refractivity contribution < 1.29 is 23.8 Å². The third-order valence-corrected chi connectivity index (χ3v) is 4.21. The molecule has 31 heavy (non-hydrogen) atoms. The van der Waals surface area contributed by atoms with Crippen molar-refractivity contribution in [3.05, 3.63) is 66.7 Å². The van der Waals surface area contributed by atoms with Crippen LogP contribution in [0.5, 0.6) is 5.75 Å². The van der Waals surface area contributed by atoms with Crippen molar-refractivity contribution in [1.29, 1.82) is 0 Å². The predicted molar refractivity (Wildman–Crippen MR) is 118 cm³/mol. The second-order valence-corrected chi connectivity index (χ2v) is 6.60. The van der Waals surface area contributed by atoms with Crippen LogP contribution >= 0.6 is 0 Å². The summed E-state index contributed by atoms with van der Waals surface area (Å²) in [6.07, 6.45) is 4.93. The zero-order valence-corrected chi connectivity index (χ0v) is 17.8. The summed E-state index contributed by atoms with van der Waals surface area (Å²) in [7, 11) is 0. The maximum Gasteiger partial charge on any atom is 0.338 e. The summed E-state index contributed by atoms with van der Waals surface area (Å²) in [5.41, 5.74) is 1.84. The lowest BCUT2D eigenvalue weighted by Crippen LogP contribution is -2.03. The van der Waals surface area contributed by atoms with E-state index in [2.05, 4.69) is 16.8 Å². The Labute approximate surface area is 182 Å². The van der Waals surface area contributed by atoms with E-state index in [1.807, 2.05) is 24.3 Å². The Morgan fingerprint density at radius 1 is 0.839 bits per heavy atom. The summed E-state index contributed by atoms with van der Waals surface area (Å²) in [6, 6.07) is 14.1. The Hall–Kier alpha value is -3.48. The monoisotopic (exact) mass is 424 g/mol. The maximum absolute atomic E-state index is 11.6. The molecular weight excluding hydrogens is 396 g/mol. The van der Waals surface area contributed by atoms with Crippen molar-refractivity contribution in [3.63, 3.8) is 0 Å². The van der Waals surface area contributed by atoms with Gasteiger partial charge in [0.15, 0.2) is 0 Å². The van der Waals surface area contributed by atoms with Crippen LogP contribution in [-0.2, 0) is 14.3 Å². The molecule has 2 rings (SSSR count). The third-order valence-electron chi connectivity index (χ3n) is 4.21. The molecule has 0 amide bonds. The molecule has 0 saturated carbocycles. The number of azo groups is 1. The van der Waals surface area contributed by atoms with Gasteiger partial charge < -0.3 is 14.2 Å². The highest BCUT2D eigenvalue weighted by molar-refractivity contribution is 5.89. The minimum absolute atomic E-state index is 0.342. The van der Waals surface area contributed by atoms with Gasteiger partial charge >= 0.3 is 11.9 Å². The third kappa shape index (κ3) is 9.25. The molecule has 0 aliphatic carbocycles. The Bertz CT molecular complexity index is 861. The quantitative estimate of drug-likeness (QED) is 0.172. The van der Waals surface area contributed by atoms with Crippen LogP contribution in [0.2, 0.25) is 0 Å². The summed E-state index contributed by atoms with van der Waals surface area (Å²) in [5, 5.41) is 8.37. The Morgan fingerprint density at radius 2 is 1.42 bits per heavy atom. The lowest BCUT2D eigenvalue weighted by Gasteiger charge is -2.06. The largest absolute Gasteiger partial charge is 0.494 e. The number of hydrogen-bond acceptors (Lipinski definition) is 7. The number of unbranched alkanes of at least 4 members (excludes halogenated alkanes) is 3. The molecule has 0 heterocycles. The van der Waals surface area contributed by atoms with Crippen LogP contribution in [0.25, 0.3) is 0 Å². The van der Waals surface area contributed by atoms with Crippen LogP contribution in [0.4, 0.5) is 11.4 Å². The van der Waals surface area contributed by atoms with Crippen molar-refractivity contribution in [2.24, 2.45) is 10.2 Å². The van der Waals surface area contributed by atoms with Gasteiger partial charge in [0.25, 0.3) is 0 Å². The maximum atomic E-state index is 11.6. The van der Waals surface area contributed by atoms with E-state index < -0.39 is 0 Å². The Balaban J connectivity index is 1.68. The molecular formula is C24H28N2O5. The molecule has 0 saturated heterocycles. The average molecular weight is 424 g/mol. The van der Waals surface area contributed by atoms with E-state index in [0.29, 0.717) is 36.8 Å². The van der Waals surface area contributed by atoms with Crippen LogP contribution in [0, 0.1) is 0 Å². The van der Waals surface area contributed by atoms with Crippen molar-refractivity contribution in [1.82, 2.24) is 0 Å². The molecule has 0 aromatic heterocycles. The number of benzene rings is 2. The van der Waals surface area contributed by atoms with Gasteiger partial charge in [-0.15, -0.1) is 0 Å². The first-order chi connectivity index (χ1) is 15.1. The molecule has 0 aliphatic heterocycles. The van der Waals surface area contributed by atoms with Crippen LogP contribution in [0.1, 0.15) is 43.0 Å². The normalized spacial score (nSPS) is 10.6. The summed E-state index contributed by atoms with van der Waals surface area (Å²) >= 11 is 0. The van der Waals surface area contributed by atoms with Crippen LogP contribution < -0.4 is 4.74 Å². The van der Waals surface area contributed by atoms with Gasteiger partial charge in [0, 0.05) is 6.08 Å². The standard InChI is InChI=1S/C24H28N2O5/c1-3-23(27)31-18-8-6-5-7-17-30-22-15-13-21(14-16-22)26-25-20-11-9-19(10-12-20)24(28)29-4-2/h3,9-16H,1,4-8,17-18H2,2H3. The smallest absolute Gasteiger partial charge is 0.338 e. The summed E-state index contributed by atoms with van der Waals surface area (Å²) in [6.45, 7) is 6.52. The molecule has 0 spiro atoms. The number of carbonyl (C=O) groups excluding carboxylic acids is 2. The highest BCUT2D eigenvalue weighted by Crippen LogP contribution is 2.22. The molecule has 0 bridgehead atoms. The van der Waals surface area contributed by atoms with Crippen molar-refractivity contribution in [3.8, 4) is 5.75 Å². The van der Waals surface area contributed by atoms with Crippen LogP contribution in [0.3, 0.4) is 0 Å². The fourth-order valence-electron chi connectivity index (χ4n) is 2.58. The van der Waals surface area contributed by atoms with Crippen LogP contribution in [0.15, 0.2) is 71.4 Å². The van der Waals surface area contributed by atoms with Crippen LogP contribution in [-0.4, -0.2) is 31.8 Å². The molecule has 0 fully saturated rings. The lowest BCUT2D eigenvalue weighted by molar-refractivity contribution is -0.137. The molecule has 7 nitrogen and oxygen atoms in total. The summed E-state index contributed by atoms with van der Waals surface area (Å²) < 4.78 is 15.6. The summed E-state index contributed by atoms with van der Waals surface area (Å²) in [5.74, 6) is 0.0477. The highest BCUT2D eigenvalue weighted by Gasteiger charge is 2.05. The number of hydrogen-bond donors (Lipinski definition) is 0. The minimum atomic E-state index is -0.377. The SMILES string of the molecule is C=CC(=O)OCCCCCCOc1ccc(N=Nc2ccc(C(=O)OCC)cc2)cc1. The first-order valence-corrected chi connectivity index (χ1v) is 10.3. The fourth-order valence-corrected chi connectivity index (χ4v) is 2.58. The van der Waals surface area contributed by atoms with E-state index in [4.69, 9.17) is 14.2 Å². The van der Waals surface area contributed by atoms with E-state index in [0.717, 1.165) is 31.4 Å². The van der Waals surface area contributed by atoms with E-state index in [1.54, 1.807) is 31.2 Å². The van der Waals surface area contributed by atoms with Gasteiger partial charge in [-0.05, 0) is 81.1 Å². The van der Waals surface area contributed by atoms with Gasteiger partial charge in [0.2, 0.25) is 0 Å². The molecule has 164 valence electrons. The van der Waals surface area contributed by atoms with Gasteiger partial charge in [-0.2, -0.15) is 10.2 Å². The number of nitrogens with zero attached hydrogens (tertiary/aromatic N) is 2. The predicted octanol–water partition coefficient (Wildman–Crippen LogP) is 5.95. The highest BCUT2D eigenvalue weighted by atomic mass is 16.5. The molecule has 0 radical (unpaired) electrons. The zero-order chi connectivity index (χ0) is 22.3. The summed E-state index contributed by atoms with van der Waals surface area (Å²) in [4.78, 5) is 22.6. The molecule has 0 unspecified atom stereocenters. The van der Waals surface area contributed by atoms with E-state index in [1.165, 1.54) is 6.08 Å². The molecule has 7 heteroatoms. The number of esters is 2. The van der Waals surface area contributed by atoms with E-state index in [9.17, 15) is 9.59 Å².